The number of pyridine rings is 1. The molecule has 4 rings (SSSR count). The van der Waals surface area contributed by atoms with Crippen LogP contribution in [0.15, 0.2) is 36.5 Å². The van der Waals surface area contributed by atoms with E-state index in [2.05, 4.69) is 25.4 Å². The van der Waals surface area contributed by atoms with Crippen molar-refractivity contribution >= 4 is 40.8 Å². The van der Waals surface area contributed by atoms with Gasteiger partial charge < -0.3 is 30.1 Å². The highest BCUT2D eigenvalue weighted by atomic mass is 19.4. The van der Waals surface area contributed by atoms with Gasteiger partial charge in [0.05, 0.1) is 24.0 Å². The normalized spacial score (nSPS) is 15.9. The lowest BCUT2D eigenvalue weighted by molar-refractivity contribution is -0.137. The lowest BCUT2D eigenvalue weighted by atomic mass is 9.95. The van der Waals surface area contributed by atoms with E-state index in [-0.39, 0.29) is 17.7 Å². The molecule has 0 aliphatic carbocycles. The lowest BCUT2D eigenvalue weighted by Crippen LogP contribution is -2.48. The summed E-state index contributed by atoms with van der Waals surface area (Å²) in [5.41, 5.74) is -0.625. The Morgan fingerprint density at radius 3 is 2.21 bits per heavy atom. The van der Waals surface area contributed by atoms with Crippen LogP contribution in [0.4, 0.5) is 40.8 Å². The zero-order valence-corrected chi connectivity index (χ0v) is 27.7. The molecule has 0 bridgehead atoms. The van der Waals surface area contributed by atoms with Crippen molar-refractivity contribution in [3.63, 3.8) is 0 Å². The van der Waals surface area contributed by atoms with E-state index in [1.54, 1.807) is 12.3 Å². The minimum Gasteiger partial charge on any atom is -0.444 e. The Balaban J connectivity index is 1.15. The Kier molecular flexibility index (Phi) is 12.1. The van der Waals surface area contributed by atoms with Gasteiger partial charge in [-0.05, 0) is 70.7 Å². The SMILES string of the molecule is [C-]#[N+]c1ccc(N2CCC(C(=O)Nc3ccc(N4CCN(C(=O)CCCCCNC(=O)OC(C)(C)C)CC4)cn3)CC2)cc1C(F)(F)F. The van der Waals surface area contributed by atoms with Crippen molar-refractivity contribution in [2.45, 2.75) is 71.1 Å². The Hall–Kier alpha value is -4.54. The quantitative estimate of drug-likeness (QED) is 0.227. The molecule has 2 saturated heterocycles. The average Bonchev–Trinajstić information content (AvgIpc) is 3.05. The number of alkyl halides is 3. The van der Waals surface area contributed by atoms with Gasteiger partial charge in [0.2, 0.25) is 11.8 Å². The van der Waals surface area contributed by atoms with Crippen LogP contribution in [-0.2, 0) is 20.5 Å². The van der Waals surface area contributed by atoms with Gasteiger partial charge in [-0.1, -0.05) is 12.5 Å². The van der Waals surface area contributed by atoms with Crippen molar-refractivity contribution in [2.75, 3.05) is 60.9 Å². The summed E-state index contributed by atoms with van der Waals surface area (Å²) in [6.45, 7) is 16.4. The maximum absolute atomic E-state index is 13.4. The number of rotatable bonds is 10. The van der Waals surface area contributed by atoms with E-state index in [0.717, 1.165) is 31.0 Å². The molecule has 0 radical (unpaired) electrons. The summed E-state index contributed by atoms with van der Waals surface area (Å²) in [6, 6.07) is 7.36. The fraction of sp³-hybridized carbons (Fsp3) is 0.559. The average molecular weight is 672 g/mol. The number of hydrogen-bond donors (Lipinski definition) is 2. The molecule has 1 aromatic heterocycles. The number of halogens is 3. The second kappa shape index (κ2) is 16.0. The molecule has 14 heteroatoms. The first kappa shape index (κ1) is 36.3. The molecule has 3 amide bonds. The summed E-state index contributed by atoms with van der Waals surface area (Å²) < 4.78 is 45.4. The van der Waals surface area contributed by atoms with Crippen LogP contribution in [0.2, 0.25) is 0 Å². The maximum Gasteiger partial charge on any atom is 0.407 e. The van der Waals surface area contributed by atoms with E-state index in [9.17, 15) is 27.6 Å². The van der Waals surface area contributed by atoms with Crippen molar-refractivity contribution in [2.24, 2.45) is 5.92 Å². The molecular formula is C34H44F3N7O4. The van der Waals surface area contributed by atoms with Crippen molar-refractivity contribution < 1.29 is 32.3 Å². The molecule has 2 aliphatic rings. The highest BCUT2D eigenvalue weighted by molar-refractivity contribution is 5.92. The van der Waals surface area contributed by atoms with Crippen LogP contribution in [0, 0.1) is 12.5 Å². The standard InChI is InChI=1S/C34H44F3N7O4/c1-33(2,3)48-32(47)39-15-7-5-6-8-30(45)44-20-18-43(19-21-44)26-10-12-29(40-23-26)41-31(46)24-13-16-42(17-14-24)25-9-11-28(38-4)27(22-25)34(35,36)37/h9-12,22-24H,5-8,13-21H2,1-3H3,(H,39,47)(H,40,41,46). The number of piperazine rings is 1. The first-order valence-corrected chi connectivity index (χ1v) is 16.3. The number of nitrogens with zero attached hydrogens (tertiary/aromatic N) is 5. The van der Waals surface area contributed by atoms with E-state index >= 15 is 0 Å². The smallest absolute Gasteiger partial charge is 0.407 e. The molecule has 2 aromatic rings. The number of carbonyl (C=O) groups excluding carboxylic acids is 3. The summed E-state index contributed by atoms with van der Waals surface area (Å²) in [5, 5.41) is 5.59. The predicted molar refractivity (Wildman–Crippen MR) is 177 cm³/mol. The van der Waals surface area contributed by atoms with Crippen molar-refractivity contribution in [1.82, 2.24) is 15.2 Å². The molecule has 2 fully saturated rings. The minimum absolute atomic E-state index is 0.126. The number of unbranched alkanes of at least 4 members (excludes halogenated alkanes) is 2. The largest absolute Gasteiger partial charge is 0.444 e. The second-order valence-electron chi connectivity index (χ2n) is 13.1. The Morgan fingerprint density at radius 2 is 1.60 bits per heavy atom. The van der Waals surface area contributed by atoms with Crippen LogP contribution in [0.1, 0.15) is 64.9 Å². The fourth-order valence-corrected chi connectivity index (χ4v) is 5.78. The summed E-state index contributed by atoms with van der Waals surface area (Å²) in [7, 11) is 0. The van der Waals surface area contributed by atoms with Gasteiger partial charge in [-0.3, -0.25) is 9.59 Å². The third-order valence-electron chi connectivity index (χ3n) is 8.37. The number of alkyl carbamates (subject to hydrolysis) is 1. The number of ether oxygens (including phenoxy) is 1. The van der Waals surface area contributed by atoms with Crippen LogP contribution in [-0.4, -0.2) is 79.2 Å². The van der Waals surface area contributed by atoms with Gasteiger partial charge in [-0.2, -0.15) is 13.2 Å². The molecule has 0 atom stereocenters. The number of aromatic nitrogens is 1. The molecular weight excluding hydrogens is 627 g/mol. The summed E-state index contributed by atoms with van der Waals surface area (Å²) in [5.74, 6) is 0.0687. The van der Waals surface area contributed by atoms with Crippen molar-refractivity contribution in [1.29, 1.82) is 0 Å². The van der Waals surface area contributed by atoms with Crippen LogP contribution in [0.3, 0.4) is 0 Å². The predicted octanol–water partition coefficient (Wildman–Crippen LogP) is 6.24. The van der Waals surface area contributed by atoms with Gasteiger partial charge in [-0.25, -0.2) is 14.6 Å². The lowest BCUT2D eigenvalue weighted by Gasteiger charge is -2.36. The van der Waals surface area contributed by atoms with Crippen LogP contribution in [0.5, 0.6) is 0 Å². The fourth-order valence-electron chi connectivity index (χ4n) is 5.78. The van der Waals surface area contributed by atoms with E-state index in [1.165, 1.54) is 12.1 Å². The number of hydrogen-bond acceptors (Lipinski definition) is 7. The molecule has 2 N–H and O–H groups in total. The molecule has 48 heavy (non-hydrogen) atoms. The first-order chi connectivity index (χ1) is 22.7. The second-order valence-corrected chi connectivity index (χ2v) is 13.1. The van der Waals surface area contributed by atoms with E-state index in [4.69, 9.17) is 11.3 Å². The molecule has 0 spiro atoms. The number of piperidine rings is 1. The summed E-state index contributed by atoms with van der Waals surface area (Å²) in [6.07, 6.45) is 0.442. The van der Waals surface area contributed by atoms with Gasteiger partial charge in [0.15, 0.2) is 5.69 Å². The van der Waals surface area contributed by atoms with Crippen LogP contribution < -0.4 is 20.4 Å². The zero-order chi connectivity index (χ0) is 34.9. The highest BCUT2D eigenvalue weighted by Crippen LogP contribution is 2.39. The summed E-state index contributed by atoms with van der Waals surface area (Å²) in [4.78, 5) is 50.6. The van der Waals surface area contributed by atoms with Crippen molar-refractivity contribution in [3.8, 4) is 0 Å². The number of nitrogens with one attached hydrogen (secondary N) is 2. The van der Waals surface area contributed by atoms with Crippen molar-refractivity contribution in [3.05, 3.63) is 53.5 Å². The third kappa shape index (κ3) is 10.5. The van der Waals surface area contributed by atoms with E-state index in [0.29, 0.717) is 76.6 Å². The molecule has 1 aromatic carbocycles. The van der Waals surface area contributed by atoms with Gasteiger partial charge >= 0.3 is 12.3 Å². The molecule has 11 nitrogen and oxygen atoms in total. The molecule has 0 unspecified atom stereocenters. The Bertz CT molecular complexity index is 1460. The van der Waals surface area contributed by atoms with Crippen LogP contribution in [0.25, 0.3) is 4.85 Å². The topological polar surface area (TPSA) is 111 Å². The zero-order valence-electron chi connectivity index (χ0n) is 27.7. The number of carbonyl (C=O) groups is 3. The van der Waals surface area contributed by atoms with E-state index < -0.39 is 29.1 Å². The Labute approximate surface area is 279 Å². The first-order valence-electron chi connectivity index (χ1n) is 16.3. The maximum atomic E-state index is 13.4. The van der Waals surface area contributed by atoms with Gasteiger partial charge in [0, 0.05) is 63.8 Å². The van der Waals surface area contributed by atoms with Gasteiger partial charge in [0.1, 0.15) is 11.4 Å². The van der Waals surface area contributed by atoms with E-state index in [1.807, 2.05) is 36.6 Å². The van der Waals surface area contributed by atoms with Gasteiger partial charge in [-0.15, -0.1) is 0 Å². The number of benzene rings is 1. The monoisotopic (exact) mass is 671 g/mol. The minimum atomic E-state index is -4.61. The molecule has 2 aliphatic heterocycles. The molecule has 260 valence electrons. The number of amides is 3. The third-order valence-corrected chi connectivity index (χ3v) is 8.37. The molecule has 3 heterocycles. The highest BCUT2D eigenvalue weighted by Gasteiger charge is 2.34. The Morgan fingerprint density at radius 1 is 0.938 bits per heavy atom. The number of anilines is 3. The molecule has 0 saturated carbocycles. The van der Waals surface area contributed by atoms with Crippen LogP contribution >= 0.6 is 0 Å². The summed E-state index contributed by atoms with van der Waals surface area (Å²) >= 11 is 0. The van der Waals surface area contributed by atoms with Gasteiger partial charge in [0.25, 0.3) is 0 Å².